The Morgan fingerprint density at radius 3 is 2.24 bits per heavy atom. The molecule has 1 N–H and O–H groups in total. The first-order chi connectivity index (χ1) is 9.90. The molecule has 0 saturated carbocycles. The van der Waals surface area contributed by atoms with Gasteiger partial charge in [0, 0.05) is 45.1 Å². The van der Waals surface area contributed by atoms with Gasteiger partial charge in [-0.05, 0) is 40.4 Å². The van der Waals surface area contributed by atoms with E-state index in [1.165, 1.54) is 0 Å². The van der Waals surface area contributed by atoms with Crippen LogP contribution in [0, 0.1) is 0 Å². The van der Waals surface area contributed by atoms with Gasteiger partial charge in [-0.1, -0.05) is 0 Å². The highest BCUT2D eigenvalue weighted by atomic mass is 16.4. The van der Waals surface area contributed by atoms with Gasteiger partial charge in [-0.25, -0.2) is 0 Å². The smallest absolute Gasteiger partial charge is 0.303 e. The lowest BCUT2D eigenvalue weighted by molar-refractivity contribution is -0.137. The molecule has 0 aromatic carbocycles. The van der Waals surface area contributed by atoms with Crippen LogP contribution in [-0.4, -0.2) is 85.0 Å². The van der Waals surface area contributed by atoms with Crippen molar-refractivity contribution in [1.29, 1.82) is 0 Å². The maximum absolute atomic E-state index is 12.0. The number of amides is 1. The third-order valence-electron chi connectivity index (χ3n) is 4.12. The maximum atomic E-state index is 12.0. The van der Waals surface area contributed by atoms with Crippen LogP contribution >= 0.6 is 0 Å². The second-order valence-electron chi connectivity index (χ2n) is 6.14. The molecule has 0 unspecified atom stereocenters. The average molecular weight is 299 g/mol. The Morgan fingerprint density at radius 1 is 1.10 bits per heavy atom. The van der Waals surface area contributed by atoms with Crippen LogP contribution in [0.15, 0.2) is 0 Å². The number of aliphatic carboxylic acids is 1. The van der Waals surface area contributed by atoms with Crippen LogP contribution < -0.4 is 0 Å². The van der Waals surface area contributed by atoms with Gasteiger partial charge in [0.05, 0.1) is 0 Å². The standard InChI is InChI=1S/C15H29N3O3/c1-16(2)11-12-17(3)13-7-9-18(10-8-13)14(19)5-4-6-15(20)21/h13H,4-12H2,1-3H3,(H,20,21). The first kappa shape index (κ1) is 17.9. The molecule has 1 aliphatic heterocycles. The number of likely N-dealkylation sites (tertiary alicyclic amines) is 1. The molecule has 6 heteroatoms. The molecule has 1 heterocycles. The van der Waals surface area contributed by atoms with Crippen LogP contribution in [0.4, 0.5) is 0 Å². The van der Waals surface area contributed by atoms with E-state index in [0.717, 1.165) is 39.0 Å². The van der Waals surface area contributed by atoms with Crippen molar-refractivity contribution in [3.05, 3.63) is 0 Å². The van der Waals surface area contributed by atoms with Gasteiger partial charge >= 0.3 is 5.97 Å². The van der Waals surface area contributed by atoms with Crippen molar-refractivity contribution in [3.8, 4) is 0 Å². The first-order valence-electron chi connectivity index (χ1n) is 7.74. The third-order valence-corrected chi connectivity index (χ3v) is 4.12. The topological polar surface area (TPSA) is 64.1 Å². The molecule has 0 spiro atoms. The second-order valence-corrected chi connectivity index (χ2v) is 6.14. The van der Waals surface area contributed by atoms with Gasteiger partial charge < -0.3 is 19.8 Å². The molecule has 1 fully saturated rings. The van der Waals surface area contributed by atoms with E-state index in [-0.39, 0.29) is 12.3 Å². The number of carbonyl (C=O) groups is 2. The summed E-state index contributed by atoms with van der Waals surface area (Å²) in [5.74, 6) is -0.727. The lowest BCUT2D eigenvalue weighted by atomic mass is 10.0. The monoisotopic (exact) mass is 299 g/mol. The summed E-state index contributed by atoms with van der Waals surface area (Å²) in [5, 5.41) is 8.59. The predicted molar refractivity (Wildman–Crippen MR) is 82.3 cm³/mol. The molecule has 1 amide bonds. The van der Waals surface area contributed by atoms with Gasteiger partial charge in [0.25, 0.3) is 0 Å². The minimum atomic E-state index is -0.830. The largest absolute Gasteiger partial charge is 0.481 e. The van der Waals surface area contributed by atoms with Crippen LogP contribution in [0.5, 0.6) is 0 Å². The lowest BCUT2D eigenvalue weighted by Gasteiger charge is -2.37. The number of carbonyl (C=O) groups excluding carboxylic acids is 1. The zero-order chi connectivity index (χ0) is 15.8. The average Bonchev–Trinajstić information content (AvgIpc) is 2.44. The zero-order valence-electron chi connectivity index (χ0n) is 13.5. The fraction of sp³-hybridized carbons (Fsp3) is 0.867. The van der Waals surface area contributed by atoms with E-state index in [4.69, 9.17) is 5.11 Å². The number of piperidine rings is 1. The molecule has 6 nitrogen and oxygen atoms in total. The number of carboxylic acids is 1. The summed E-state index contributed by atoms with van der Waals surface area (Å²) >= 11 is 0. The van der Waals surface area contributed by atoms with Crippen molar-refractivity contribution >= 4 is 11.9 Å². The molecule has 0 bridgehead atoms. The van der Waals surface area contributed by atoms with Crippen LogP contribution in [0.2, 0.25) is 0 Å². The van der Waals surface area contributed by atoms with Crippen molar-refractivity contribution in [2.24, 2.45) is 0 Å². The predicted octanol–water partition coefficient (Wildman–Crippen LogP) is 0.726. The van der Waals surface area contributed by atoms with E-state index in [9.17, 15) is 9.59 Å². The Hall–Kier alpha value is -1.14. The van der Waals surface area contributed by atoms with E-state index in [1.807, 2.05) is 4.90 Å². The third kappa shape index (κ3) is 6.91. The Kier molecular flexibility index (Phi) is 7.67. The highest BCUT2D eigenvalue weighted by Crippen LogP contribution is 2.16. The first-order valence-corrected chi connectivity index (χ1v) is 7.74. The molecule has 0 radical (unpaired) electrons. The van der Waals surface area contributed by atoms with Crippen molar-refractivity contribution in [3.63, 3.8) is 0 Å². The van der Waals surface area contributed by atoms with Crippen molar-refractivity contribution in [2.45, 2.75) is 38.1 Å². The van der Waals surface area contributed by atoms with Gasteiger partial charge in [0.1, 0.15) is 0 Å². The summed E-state index contributed by atoms with van der Waals surface area (Å²) in [7, 11) is 6.30. The van der Waals surface area contributed by atoms with Gasteiger partial charge in [0.15, 0.2) is 0 Å². The molecular formula is C15H29N3O3. The number of hydrogen-bond donors (Lipinski definition) is 1. The minimum absolute atomic E-state index is 0.0788. The van der Waals surface area contributed by atoms with Gasteiger partial charge in [-0.2, -0.15) is 0 Å². The maximum Gasteiger partial charge on any atom is 0.303 e. The van der Waals surface area contributed by atoms with E-state index < -0.39 is 5.97 Å². The highest BCUT2D eigenvalue weighted by Gasteiger charge is 2.24. The fourth-order valence-corrected chi connectivity index (χ4v) is 2.65. The van der Waals surface area contributed by atoms with Crippen LogP contribution in [0.1, 0.15) is 32.1 Å². The summed E-state index contributed by atoms with van der Waals surface area (Å²) in [4.78, 5) is 28.9. The molecule has 122 valence electrons. The highest BCUT2D eigenvalue weighted by molar-refractivity contribution is 5.77. The number of rotatable bonds is 8. The van der Waals surface area contributed by atoms with Gasteiger partial charge in [-0.15, -0.1) is 0 Å². The second kappa shape index (κ2) is 9.00. The normalized spacial score (nSPS) is 16.7. The van der Waals surface area contributed by atoms with Gasteiger partial charge in [-0.3, -0.25) is 9.59 Å². The molecule has 1 aliphatic rings. The molecule has 0 aliphatic carbocycles. The quantitative estimate of drug-likeness (QED) is 0.716. The molecule has 1 saturated heterocycles. The molecule has 0 aromatic rings. The summed E-state index contributed by atoms with van der Waals surface area (Å²) in [6.45, 7) is 3.68. The zero-order valence-corrected chi connectivity index (χ0v) is 13.5. The Labute approximate surface area is 127 Å². The van der Waals surface area contributed by atoms with E-state index >= 15 is 0 Å². The fourth-order valence-electron chi connectivity index (χ4n) is 2.65. The lowest BCUT2D eigenvalue weighted by Crippen LogP contribution is -2.46. The van der Waals surface area contributed by atoms with E-state index in [0.29, 0.717) is 18.9 Å². The van der Waals surface area contributed by atoms with Crippen molar-refractivity contribution in [1.82, 2.24) is 14.7 Å². The Balaban J connectivity index is 2.24. The molecule has 0 aromatic heterocycles. The molecule has 0 atom stereocenters. The number of carboxylic acid groups (broad SMARTS) is 1. The SMILES string of the molecule is CN(C)CCN(C)C1CCN(C(=O)CCCC(=O)O)CC1. The van der Waals surface area contributed by atoms with Gasteiger partial charge in [0.2, 0.25) is 5.91 Å². The summed E-state index contributed by atoms with van der Waals surface area (Å²) < 4.78 is 0. The van der Waals surface area contributed by atoms with Crippen LogP contribution in [0.25, 0.3) is 0 Å². The summed E-state index contributed by atoms with van der Waals surface area (Å²) in [6, 6.07) is 0.549. The molecular weight excluding hydrogens is 270 g/mol. The summed E-state index contributed by atoms with van der Waals surface area (Å²) in [6.07, 6.45) is 2.89. The number of nitrogens with zero attached hydrogens (tertiary/aromatic N) is 3. The Morgan fingerprint density at radius 2 is 1.71 bits per heavy atom. The van der Waals surface area contributed by atoms with Crippen LogP contribution in [-0.2, 0) is 9.59 Å². The molecule has 21 heavy (non-hydrogen) atoms. The minimum Gasteiger partial charge on any atom is -0.481 e. The molecule has 1 rings (SSSR count). The summed E-state index contributed by atoms with van der Waals surface area (Å²) in [5.41, 5.74) is 0. The van der Waals surface area contributed by atoms with Crippen molar-refractivity contribution < 1.29 is 14.7 Å². The van der Waals surface area contributed by atoms with E-state index in [2.05, 4.69) is 30.9 Å². The number of hydrogen-bond acceptors (Lipinski definition) is 4. The Bertz CT molecular complexity index is 339. The van der Waals surface area contributed by atoms with Crippen LogP contribution in [0.3, 0.4) is 0 Å². The van der Waals surface area contributed by atoms with Crippen molar-refractivity contribution in [2.75, 3.05) is 47.3 Å². The van der Waals surface area contributed by atoms with E-state index in [1.54, 1.807) is 0 Å². The number of likely N-dealkylation sites (N-methyl/N-ethyl adjacent to an activating group) is 2.